The van der Waals surface area contributed by atoms with E-state index in [1.165, 1.54) is 10.6 Å². The van der Waals surface area contributed by atoms with Crippen LogP contribution in [0.5, 0.6) is 0 Å². The number of nitrogen functional groups attached to an aromatic ring is 1. The zero-order valence-electron chi connectivity index (χ0n) is 23.0. The maximum Gasteiger partial charge on any atom is 0.251 e. The molecule has 3 aromatic heterocycles. The number of piperazine rings is 1. The quantitative estimate of drug-likeness (QED) is 0.301. The minimum atomic E-state index is -0.381. The van der Waals surface area contributed by atoms with Gasteiger partial charge in [-0.3, -0.25) is 9.69 Å². The normalized spacial score (nSPS) is 14.3. The van der Waals surface area contributed by atoms with Crippen molar-refractivity contribution in [2.45, 2.75) is 0 Å². The van der Waals surface area contributed by atoms with Gasteiger partial charge in [0.15, 0.2) is 11.4 Å². The molecule has 1 fully saturated rings. The number of aromatic nitrogens is 4. The van der Waals surface area contributed by atoms with Gasteiger partial charge in [-0.15, -0.1) is 0 Å². The van der Waals surface area contributed by atoms with Crippen LogP contribution in [0, 0.1) is 5.82 Å². The highest BCUT2D eigenvalue weighted by Gasteiger charge is 2.21. The molecule has 1 aliphatic heterocycles. The van der Waals surface area contributed by atoms with E-state index in [4.69, 9.17) is 10.2 Å². The van der Waals surface area contributed by atoms with Gasteiger partial charge in [0.05, 0.1) is 12.0 Å². The van der Waals surface area contributed by atoms with Gasteiger partial charge in [0.25, 0.3) is 5.91 Å². The minimum Gasteiger partial charge on any atom is -0.463 e. The number of furan rings is 1. The van der Waals surface area contributed by atoms with Gasteiger partial charge in [0.1, 0.15) is 11.5 Å². The number of amides is 1. The van der Waals surface area contributed by atoms with Gasteiger partial charge in [0, 0.05) is 71.0 Å². The molecule has 1 amide bonds. The second-order valence-electron chi connectivity index (χ2n) is 10.1. The minimum absolute atomic E-state index is 0.248. The third-order valence-corrected chi connectivity index (χ3v) is 6.97. The average Bonchev–Trinajstić information content (AvgIpc) is 3.62. The summed E-state index contributed by atoms with van der Waals surface area (Å²) in [5, 5.41) is 7.26. The molecule has 13 heteroatoms. The lowest BCUT2D eigenvalue weighted by molar-refractivity contribution is 0.0950. The first-order chi connectivity index (χ1) is 19.3. The molecule has 5 rings (SSSR count). The van der Waals surface area contributed by atoms with Crippen molar-refractivity contribution in [3.05, 3.63) is 54.0 Å². The molecular formula is C27H35FN10O2. The topological polar surface area (TPSA) is 124 Å². The Kier molecular flexibility index (Phi) is 8.12. The van der Waals surface area contributed by atoms with Gasteiger partial charge < -0.3 is 30.2 Å². The van der Waals surface area contributed by atoms with E-state index in [2.05, 4.69) is 25.3 Å². The van der Waals surface area contributed by atoms with Gasteiger partial charge in [-0.2, -0.15) is 19.6 Å². The van der Waals surface area contributed by atoms with Crippen molar-refractivity contribution in [3.8, 4) is 11.5 Å². The van der Waals surface area contributed by atoms with E-state index in [0.717, 1.165) is 26.2 Å². The molecular weight excluding hydrogens is 515 g/mol. The van der Waals surface area contributed by atoms with Gasteiger partial charge in [0.2, 0.25) is 11.9 Å². The number of hydrogen-bond donors (Lipinski definition) is 2. The number of hydrogen-bond acceptors (Lipinski definition) is 10. The van der Waals surface area contributed by atoms with E-state index in [0.29, 0.717) is 60.5 Å². The van der Waals surface area contributed by atoms with Crippen LogP contribution in [0.15, 0.2) is 47.1 Å². The molecule has 1 aromatic carbocycles. The number of nitrogens with two attached hydrogens (primary N) is 1. The van der Waals surface area contributed by atoms with Crippen LogP contribution in [-0.4, -0.2) is 109 Å². The molecule has 4 aromatic rings. The molecule has 0 spiro atoms. The maximum absolute atomic E-state index is 14.9. The molecule has 1 saturated heterocycles. The van der Waals surface area contributed by atoms with E-state index in [1.54, 1.807) is 24.5 Å². The Balaban J connectivity index is 1.13. The third kappa shape index (κ3) is 6.15. The summed E-state index contributed by atoms with van der Waals surface area (Å²) in [5.41, 5.74) is 8.24. The number of nitrogens with zero attached hydrogens (tertiary/aromatic N) is 8. The summed E-state index contributed by atoms with van der Waals surface area (Å²) in [6, 6.07) is 10.2. The Morgan fingerprint density at radius 2 is 1.90 bits per heavy atom. The monoisotopic (exact) mass is 550 g/mol. The standard InChI is InChI=1S/C27H35FN10O2/c1-34(2)9-8-30-25(39)19-6-7-22(20(28)17-19)37-14-12-36(13-15-37)11-10-35(3)27-31-24-18-21(23-5-4-16-40-23)33-38(24)26(29)32-27/h4-7,16-18H,8-15H2,1-3H3,(H,30,39)(H2,29,31,32). The molecule has 3 N–H and O–H groups in total. The van der Waals surface area contributed by atoms with Crippen molar-refractivity contribution in [1.29, 1.82) is 0 Å². The van der Waals surface area contributed by atoms with Crippen LogP contribution < -0.4 is 20.9 Å². The second-order valence-corrected chi connectivity index (χ2v) is 10.1. The number of halogens is 1. The van der Waals surface area contributed by atoms with Crippen LogP contribution in [0.25, 0.3) is 17.1 Å². The highest BCUT2D eigenvalue weighted by atomic mass is 19.1. The summed E-state index contributed by atoms with van der Waals surface area (Å²) < 4.78 is 21.8. The maximum atomic E-state index is 14.9. The predicted molar refractivity (Wildman–Crippen MR) is 152 cm³/mol. The number of likely N-dealkylation sites (N-methyl/N-ethyl adjacent to an activating group) is 2. The van der Waals surface area contributed by atoms with Crippen LogP contribution in [0.1, 0.15) is 10.4 Å². The summed E-state index contributed by atoms with van der Waals surface area (Å²) in [6.07, 6.45) is 1.59. The zero-order valence-corrected chi connectivity index (χ0v) is 23.0. The molecule has 0 aliphatic carbocycles. The fourth-order valence-electron chi connectivity index (χ4n) is 4.62. The Morgan fingerprint density at radius 3 is 2.60 bits per heavy atom. The predicted octanol–water partition coefficient (Wildman–Crippen LogP) is 1.66. The molecule has 0 radical (unpaired) electrons. The number of benzene rings is 1. The number of rotatable bonds is 10. The Bertz CT molecular complexity index is 1450. The fourth-order valence-corrected chi connectivity index (χ4v) is 4.62. The second kappa shape index (κ2) is 11.9. The third-order valence-electron chi connectivity index (χ3n) is 6.97. The zero-order chi connectivity index (χ0) is 28.2. The number of carbonyl (C=O) groups excluding carboxylic acids is 1. The number of carbonyl (C=O) groups is 1. The largest absolute Gasteiger partial charge is 0.463 e. The molecule has 0 atom stereocenters. The van der Waals surface area contributed by atoms with Crippen LogP contribution in [0.3, 0.4) is 0 Å². The van der Waals surface area contributed by atoms with Gasteiger partial charge in [-0.25, -0.2) is 4.39 Å². The summed E-state index contributed by atoms with van der Waals surface area (Å²) in [6.45, 7) is 5.68. The molecule has 0 bridgehead atoms. The highest BCUT2D eigenvalue weighted by molar-refractivity contribution is 5.94. The number of nitrogens with one attached hydrogen (secondary N) is 1. The Hall–Kier alpha value is -4.23. The molecule has 12 nitrogen and oxygen atoms in total. The van der Waals surface area contributed by atoms with Crippen molar-refractivity contribution in [3.63, 3.8) is 0 Å². The molecule has 0 unspecified atom stereocenters. The molecule has 4 heterocycles. The van der Waals surface area contributed by atoms with E-state index in [-0.39, 0.29) is 17.7 Å². The summed E-state index contributed by atoms with van der Waals surface area (Å²) >= 11 is 0. The summed E-state index contributed by atoms with van der Waals surface area (Å²) in [5.74, 6) is 0.752. The number of anilines is 3. The molecule has 1 aliphatic rings. The van der Waals surface area contributed by atoms with E-state index >= 15 is 0 Å². The SMILES string of the molecule is CN(C)CCNC(=O)c1ccc(N2CCN(CCN(C)c3nc(N)n4nc(-c5ccco5)cc4n3)CC2)c(F)c1. The Labute approximate surface area is 232 Å². The van der Waals surface area contributed by atoms with Crippen LogP contribution >= 0.6 is 0 Å². The Morgan fingerprint density at radius 1 is 1.10 bits per heavy atom. The average molecular weight is 551 g/mol. The molecule has 40 heavy (non-hydrogen) atoms. The molecule has 0 saturated carbocycles. The summed E-state index contributed by atoms with van der Waals surface area (Å²) in [7, 11) is 5.80. The van der Waals surface area contributed by atoms with Crippen molar-refractivity contribution in [2.75, 3.05) is 89.0 Å². The first-order valence-corrected chi connectivity index (χ1v) is 13.3. The van der Waals surface area contributed by atoms with E-state index in [1.807, 2.05) is 48.0 Å². The van der Waals surface area contributed by atoms with E-state index < -0.39 is 0 Å². The first-order valence-electron chi connectivity index (χ1n) is 13.3. The van der Waals surface area contributed by atoms with Gasteiger partial charge >= 0.3 is 0 Å². The van der Waals surface area contributed by atoms with Gasteiger partial charge in [-0.05, 0) is 44.4 Å². The van der Waals surface area contributed by atoms with Crippen LogP contribution in [0.2, 0.25) is 0 Å². The van der Waals surface area contributed by atoms with Crippen molar-refractivity contribution in [2.24, 2.45) is 0 Å². The first kappa shape index (κ1) is 27.3. The van der Waals surface area contributed by atoms with Crippen molar-refractivity contribution in [1.82, 2.24) is 34.7 Å². The van der Waals surface area contributed by atoms with Crippen molar-refractivity contribution >= 4 is 29.1 Å². The fraction of sp³-hybridized carbons (Fsp3) is 0.407. The lowest BCUT2D eigenvalue weighted by Gasteiger charge is -2.36. The highest BCUT2D eigenvalue weighted by Crippen LogP contribution is 2.23. The van der Waals surface area contributed by atoms with E-state index in [9.17, 15) is 9.18 Å². The summed E-state index contributed by atoms with van der Waals surface area (Å²) in [4.78, 5) is 29.7. The van der Waals surface area contributed by atoms with Crippen molar-refractivity contribution < 1.29 is 13.6 Å². The van der Waals surface area contributed by atoms with Crippen LogP contribution in [0.4, 0.5) is 22.0 Å². The smallest absolute Gasteiger partial charge is 0.251 e. The lowest BCUT2D eigenvalue weighted by Crippen LogP contribution is -2.48. The lowest BCUT2D eigenvalue weighted by atomic mass is 10.1. The van der Waals surface area contributed by atoms with Crippen LogP contribution in [-0.2, 0) is 0 Å². The van der Waals surface area contributed by atoms with Gasteiger partial charge in [-0.1, -0.05) is 0 Å². The molecule has 212 valence electrons. The number of fused-ring (bicyclic) bond motifs is 1.